The molecule has 5 N–H and O–H groups in total. The van der Waals surface area contributed by atoms with Gasteiger partial charge in [-0.1, -0.05) is 11.6 Å². The molecule has 0 aliphatic carbocycles. The maximum Gasteiger partial charge on any atom is 0.209 e. The van der Waals surface area contributed by atoms with Crippen LogP contribution in [0, 0.1) is 5.82 Å². The lowest BCUT2D eigenvalue weighted by Gasteiger charge is -2.09. The number of benzene rings is 1. The van der Waals surface area contributed by atoms with Gasteiger partial charge >= 0.3 is 0 Å². The highest BCUT2D eigenvalue weighted by atomic mass is 35.5. The quantitative estimate of drug-likeness (QED) is 0.557. The average molecular weight is 282 g/mol. The van der Waals surface area contributed by atoms with Crippen LogP contribution in [0.4, 0.5) is 15.8 Å². The summed E-state index contributed by atoms with van der Waals surface area (Å²) in [7, 11) is -3.47. The number of hydrogen-bond acceptors (Lipinski definition) is 4. The van der Waals surface area contributed by atoms with E-state index in [1.165, 1.54) is 6.07 Å². The van der Waals surface area contributed by atoms with Gasteiger partial charge in [0.2, 0.25) is 10.0 Å². The molecule has 1 rings (SSSR count). The molecule has 0 radical (unpaired) electrons. The van der Waals surface area contributed by atoms with Crippen molar-refractivity contribution in [1.29, 1.82) is 0 Å². The van der Waals surface area contributed by atoms with E-state index in [0.717, 1.165) is 6.07 Å². The van der Waals surface area contributed by atoms with Crippen molar-refractivity contribution in [3.05, 3.63) is 23.0 Å². The Kier molecular flexibility index (Phi) is 4.55. The van der Waals surface area contributed by atoms with Gasteiger partial charge in [0.1, 0.15) is 5.82 Å². The lowest BCUT2D eigenvalue weighted by Crippen LogP contribution is -2.18. The summed E-state index contributed by atoms with van der Waals surface area (Å²) in [4.78, 5) is 0. The Balaban J connectivity index is 2.55. The number of hydrogen-bond donors (Lipinski definition) is 3. The van der Waals surface area contributed by atoms with E-state index in [2.05, 4.69) is 5.32 Å². The fourth-order valence-corrected chi connectivity index (χ4v) is 1.93. The van der Waals surface area contributed by atoms with E-state index in [1.807, 2.05) is 0 Å². The molecule has 0 aromatic heterocycles. The molecule has 1 aromatic carbocycles. The van der Waals surface area contributed by atoms with E-state index < -0.39 is 15.8 Å². The summed E-state index contributed by atoms with van der Waals surface area (Å²) in [6.45, 7) is 0.321. The van der Waals surface area contributed by atoms with Crippen LogP contribution in [0.5, 0.6) is 0 Å². The van der Waals surface area contributed by atoms with Gasteiger partial charge in [-0.2, -0.15) is 0 Å². The second-order valence-electron chi connectivity index (χ2n) is 3.50. The van der Waals surface area contributed by atoms with Gasteiger partial charge in [-0.05, 0) is 12.5 Å². The normalized spacial score (nSPS) is 11.5. The molecular weight excluding hydrogens is 269 g/mol. The predicted octanol–water partition coefficient (Wildman–Crippen LogP) is 1.15. The highest BCUT2D eigenvalue weighted by Gasteiger charge is 2.06. The van der Waals surface area contributed by atoms with Crippen LogP contribution in [-0.2, 0) is 10.0 Å². The minimum Gasteiger partial charge on any atom is -0.397 e. The van der Waals surface area contributed by atoms with Crippen LogP contribution in [0.3, 0.4) is 0 Å². The Hall–Kier alpha value is -1.05. The topological polar surface area (TPSA) is 98.2 Å². The van der Waals surface area contributed by atoms with E-state index in [9.17, 15) is 12.8 Å². The van der Waals surface area contributed by atoms with E-state index in [1.54, 1.807) is 0 Å². The number of anilines is 2. The third-order valence-corrected chi connectivity index (χ3v) is 3.16. The summed E-state index contributed by atoms with van der Waals surface area (Å²) in [5.74, 6) is -0.731. The lowest BCUT2D eigenvalue weighted by molar-refractivity contribution is 0.595. The van der Waals surface area contributed by atoms with Crippen LogP contribution in [-0.4, -0.2) is 20.7 Å². The summed E-state index contributed by atoms with van der Waals surface area (Å²) in [6, 6.07) is 2.45. The molecular formula is C9H13ClFN3O2S. The highest BCUT2D eigenvalue weighted by Crippen LogP contribution is 2.25. The molecule has 96 valence electrons. The first-order chi connectivity index (χ1) is 7.79. The Labute approximate surface area is 104 Å². The number of sulfonamides is 1. The number of nitrogen functional groups attached to an aromatic ring is 1. The molecule has 0 aliphatic heterocycles. The fourth-order valence-electron chi connectivity index (χ4n) is 1.21. The summed E-state index contributed by atoms with van der Waals surface area (Å²) in [6.07, 6.45) is 0.308. The number of nitrogens with one attached hydrogen (secondary N) is 1. The van der Waals surface area contributed by atoms with Crippen LogP contribution >= 0.6 is 11.6 Å². The summed E-state index contributed by atoms with van der Waals surface area (Å²) in [5.41, 5.74) is 6.28. The third kappa shape index (κ3) is 4.76. The zero-order chi connectivity index (χ0) is 13.1. The molecule has 0 amide bonds. The molecule has 0 spiro atoms. The SMILES string of the molecule is Nc1cc(Cl)c(F)cc1NCCCS(N)(=O)=O. The maximum absolute atomic E-state index is 13.1. The largest absolute Gasteiger partial charge is 0.397 e. The Morgan fingerprint density at radius 2 is 2.06 bits per heavy atom. The van der Waals surface area contributed by atoms with E-state index >= 15 is 0 Å². The second kappa shape index (κ2) is 5.52. The van der Waals surface area contributed by atoms with Gasteiger partial charge in [-0.15, -0.1) is 0 Å². The van der Waals surface area contributed by atoms with Crippen molar-refractivity contribution >= 4 is 33.0 Å². The molecule has 1 aromatic rings. The molecule has 17 heavy (non-hydrogen) atoms. The first-order valence-electron chi connectivity index (χ1n) is 4.78. The zero-order valence-electron chi connectivity index (χ0n) is 8.91. The third-order valence-electron chi connectivity index (χ3n) is 2.01. The van der Waals surface area contributed by atoms with Crippen LogP contribution in [0.2, 0.25) is 5.02 Å². The van der Waals surface area contributed by atoms with Crippen molar-refractivity contribution in [2.45, 2.75) is 6.42 Å². The molecule has 0 saturated carbocycles. The van der Waals surface area contributed by atoms with Crippen molar-refractivity contribution in [3.63, 3.8) is 0 Å². The molecule has 8 heteroatoms. The van der Waals surface area contributed by atoms with Crippen molar-refractivity contribution in [2.24, 2.45) is 5.14 Å². The predicted molar refractivity (Wildman–Crippen MR) is 66.9 cm³/mol. The molecule has 0 saturated heterocycles. The van der Waals surface area contributed by atoms with Gasteiger partial charge in [0.25, 0.3) is 0 Å². The molecule has 0 aliphatic rings. The Bertz CT molecular complexity index is 507. The van der Waals surface area contributed by atoms with Crippen LogP contribution in [0.1, 0.15) is 6.42 Å². The van der Waals surface area contributed by atoms with Crippen molar-refractivity contribution < 1.29 is 12.8 Å². The average Bonchev–Trinajstić information content (AvgIpc) is 2.18. The number of halogens is 2. The van der Waals surface area contributed by atoms with Gasteiger partial charge in [0, 0.05) is 12.6 Å². The van der Waals surface area contributed by atoms with Gasteiger partial charge in [0.05, 0.1) is 22.2 Å². The van der Waals surface area contributed by atoms with Gasteiger partial charge in [-0.25, -0.2) is 17.9 Å². The van der Waals surface area contributed by atoms with Crippen LogP contribution in [0.25, 0.3) is 0 Å². The first kappa shape index (κ1) is 14.0. The molecule has 0 fully saturated rings. The van der Waals surface area contributed by atoms with Crippen molar-refractivity contribution in [1.82, 2.24) is 0 Å². The van der Waals surface area contributed by atoms with Gasteiger partial charge < -0.3 is 11.1 Å². The minimum absolute atomic E-state index is 0.0578. The van der Waals surface area contributed by atoms with Crippen LogP contribution in [0.15, 0.2) is 12.1 Å². The first-order valence-corrected chi connectivity index (χ1v) is 6.88. The highest BCUT2D eigenvalue weighted by molar-refractivity contribution is 7.89. The van der Waals surface area contributed by atoms with E-state index in [-0.39, 0.29) is 10.8 Å². The van der Waals surface area contributed by atoms with Crippen LogP contribution < -0.4 is 16.2 Å². The maximum atomic E-state index is 13.1. The molecule has 5 nitrogen and oxygen atoms in total. The Morgan fingerprint density at radius 1 is 1.41 bits per heavy atom. The lowest BCUT2D eigenvalue weighted by atomic mass is 10.2. The number of primary sulfonamides is 1. The number of rotatable bonds is 5. The molecule has 0 bridgehead atoms. The second-order valence-corrected chi connectivity index (χ2v) is 5.64. The van der Waals surface area contributed by atoms with E-state index in [4.69, 9.17) is 22.5 Å². The monoisotopic (exact) mass is 281 g/mol. The zero-order valence-corrected chi connectivity index (χ0v) is 10.5. The Morgan fingerprint density at radius 3 is 2.65 bits per heavy atom. The van der Waals surface area contributed by atoms with Gasteiger partial charge in [-0.3, -0.25) is 0 Å². The summed E-state index contributed by atoms with van der Waals surface area (Å²) < 4.78 is 34.4. The molecule has 0 heterocycles. The number of nitrogens with two attached hydrogens (primary N) is 2. The fraction of sp³-hybridized carbons (Fsp3) is 0.333. The van der Waals surface area contributed by atoms with Crippen molar-refractivity contribution in [2.75, 3.05) is 23.3 Å². The van der Waals surface area contributed by atoms with Crippen molar-refractivity contribution in [3.8, 4) is 0 Å². The molecule has 0 unspecified atom stereocenters. The summed E-state index contributed by atoms with van der Waals surface area (Å²) in [5, 5.41) is 7.58. The van der Waals surface area contributed by atoms with E-state index in [0.29, 0.717) is 24.3 Å². The summed E-state index contributed by atoms with van der Waals surface area (Å²) >= 11 is 5.53. The standard InChI is InChI=1S/C9H13ClFN3O2S/c10-6-4-8(12)9(5-7(6)11)14-2-1-3-17(13,15)16/h4-5,14H,1-3,12H2,(H2,13,15,16). The smallest absolute Gasteiger partial charge is 0.209 e. The van der Waals surface area contributed by atoms with Gasteiger partial charge in [0.15, 0.2) is 0 Å². The molecule has 0 atom stereocenters. The minimum atomic E-state index is -3.47.